The second kappa shape index (κ2) is 10.2. The van der Waals surface area contributed by atoms with Crippen LogP contribution in [0.3, 0.4) is 0 Å². The van der Waals surface area contributed by atoms with Gasteiger partial charge in [0.15, 0.2) is 0 Å². The molecular formula is C23H30N2O4. The van der Waals surface area contributed by atoms with Gasteiger partial charge in [-0.1, -0.05) is 29.8 Å². The average Bonchev–Trinajstić information content (AvgIpc) is 2.72. The van der Waals surface area contributed by atoms with Gasteiger partial charge in [-0.15, -0.1) is 0 Å². The summed E-state index contributed by atoms with van der Waals surface area (Å²) in [5.74, 6) is 1.30. The number of carbonyl (C=O) groups excluding carboxylic acids is 1. The highest BCUT2D eigenvalue weighted by Gasteiger charge is 2.20. The van der Waals surface area contributed by atoms with Gasteiger partial charge in [0.1, 0.15) is 11.5 Å². The van der Waals surface area contributed by atoms with Gasteiger partial charge in [-0.3, -0.25) is 4.79 Å². The number of hydrogen-bond acceptors (Lipinski definition) is 5. The van der Waals surface area contributed by atoms with E-state index >= 15 is 0 Å². The standard InChI is InChI=1S/C23H30N2O4/c1-4-28-21-16-20(25-10-12-27-13-11-25)22(29-5-2)15-19(21)24-23(26)14-18-8-6-17(3)7-9-18/h6-9,15-16H,4-5,10-14H2,1-3H3,(H,24,26). The van der Waals surface area contributed by atoms with E-state index in [4.69, 9.17) is 14.2 Å². The fourth-order valence-electron chi connectivity index (χ4n) is 3.33. The molecule has 1 aliphatic heterocycles. The molecular weight excluding hydrogens is 368 g/mol. The SMILES string of the molecule is CCOc1cc(N2CCOCC2)c(OCC)cc1NC(=O)Cc1ccc(C)cc1. The first-order valence-corrected chi connectivity index (χ1v) is 10.2. The first kappa shape index (κ1) is 21.0. The number of aryl methyl sites for hydroxylation is 1. The third-order valence-electron chi connectivity index (χ3n) is 4.77. The third-order valence-corrected chi connectivity index (χ3v) is 4.77. The zero-order chi connectivity index (χ0) is 20.6. The minimum absolute atomic E-state index is 0.0867. The van der Waals surface area contributed by atoms with Crippen LogP contribution in [0.5, 0.6) is 11.5 Å². The van der Waals surface area contributed by atoms with Gasteiger partial charge in [0.25, 0.3) is 0 Å². The molecule has 6 heteroatoms. The third kappa shape index (κ3) is 5.64. The summed E-state index contributed by atoms with van der Waals surface area (Å²) < 4.78 is 17.2. The van der Waals surface area contributed by atoms with Gasteiger partial charge in [0, 0.05) is 25.2 Å². The van der Waals surface area contributed by atoms with Gasteiger partial charge in [-0.2, -0.15) is 0 Å². The van der Waals surface area contributed by atoms with Crippen LogP contribution in [0, 0.1) is 6.92 Å². The first-order valence-electron chi connectivity index (χ1n) is 10.2. The molecule has 3 rings (SSSR count). The maximum Gasteiger partial charge on any atom is 0.228 e. The molecule has 6 nitrogen and oxygen atoms in total. The molecule has 0 saturated carbocycles. The summed E-state index contributed by atoms with van der Waals surface area (Å²) in [4.78, 5) is 14.9. The smallest absolute Gasteiger partial charge is 0.228 e. The Morgan fingerprint density at radius 1 is 1.03 bits per heavy atom. The number of ether oxygens (including phenoxy) is 3. The van der Waals surface area contributed by atoms with Crippen molar-refractivity contribution in [3.05, 3.63) is 47.5 Å². The highest BCUT2D eigenvalue weighted by molar-refractivity contribution is 5.94. The van der Waals surface area contributed by atoms with E-state index < -0.39 is 0 Å². The van der Waals surface area contributed by atoms with Crippen LogP contribution in [0.2, 0.25) is 0 Å². The number of benzene rings is 2. The quantitative estimate of drug-likeness (QED) is 0.733. The normalized spacial score (nSPS) is 13.8. The van der Waals surface area contributed by atoms with E-state index in [9.17, 15) is 4.79 Å². The van der Waals surface area contributed by atoms with Crippen molar-refractivity contribution in [1.29, 1.82) is 0 Å². The molecule has 1 N–H and O–H groups in total. The van der Waals surface area contributed by atoms with Crippen LogP contribution in [-0.2, 0) is 16.0 Å². The van der Waals surface area contributed by atoms with Crippen LogP contribution < -0.4 is 19.7 Å². The van der Waals surface area contributed by atoms with Crippen molar-refractivity contribution in [3.63, 3.8) is 0 Å². The second-order valence-electron chi connectivity index (χ2n) is 6.99. The highest BCUT2D eigenvalue weighted by Crippen LogP contribution is 2.39. The van der Waals surface area contributed by atoms with Gasteiger partial charge >= 0.3 is 0 Å². The molecule has 0 atom stereocenters. The number of nitrogens with one attached hydrogen (secondary N) is 1. The number of carbonyl (C=O) groups is 1. The Hall–Kier alpha value is -2.73. The van der Waals surface area contributed by atoms with E-state index in [0.717, 1.165) is 30.1 Å². The molecule has 0 bridgehead atoms. The van der Waals surface area contributed by atoms with Crippen molar-refractivity contribution in [1.82, 2.24) is 0 Å². The van der Waals surface area contributed by atoms with Crippen molar-refractivity contribution in [2.45, 2.75) is 27.2 Å². The molecule has 29 heavy (non-hydrogen) atoms. The lowest BCUT2D eigenvalue weighted by molar-refractivity contribution is -0.115. The van der Waals surface area contributed by atoms with Crippen LogP contribution in [0.4, 0.5) is 11.4 Å². The molecule has 1 aliphatic rings. The number of morpholine rings is 1. The Morgan fingerprint density at radius 3 is 2.34 bits per heavy atom. The zero-order valence-corrected chi connectivity index (χ0v) is 17.5. The predicted octanol–water partition coefficient (Wildman–Crippen LogP) is 3.81. The van der Waals surface area contributed by atoms with Gasteiger partial charge < -0.3 is 24.4 Å². The van der Waals surface area contributed by atoms with Crippen molar-refractivity contribution < 1.29 is 19.0 Å². The summed E-state index contributed by atoms with van der Waals surface area (Å²) in [6.45, 7) is 9.94. The molecule has 1 saturated heterocycles. The molecule has 2 aromatic carbocycles. The highest BCUT2D eigenvalue weighted by atomic mass is 16.5. The first-order chi connectivity index (χ1) is 14.1. The van der Waals surface area contributed by atoms with Crippen molar-refractivity contribution >= 4 is 17.3 Å². The minimum atomic E-state index is -0.0867. The van der Waals surface area contributed by atoms with Crippen LogP contribution in [0.25, 0.3) is 0 Å². The van der Waals surface area contributed by atoms with Gasteiger partial charge in [-0.05, 0) is 26.3 Å². The lowest BCUT2D eigenvalue weighted by atomic mass is 10.1. The number of rotatable bonds is 8. The molecule has 2 aromatic rings. The molecule has 1 heterocycles. The number of amides is 1. The maximum absolute atomic E-state index is 12.6. The molecule has 0 radical (unpaired) electrons. The van der Waals surface area contributed by atoms with E-state index in [0.29, 0.717) is 44.3 Å². The Morgan fingerprint density at radius 2 is 1.69 bits per heavy atom. The average molecular weight is 399 g/mol. The molecule has 0 spiro atoms. The fraction of sp³-hybridized carbons (Fsp3) is 0.435. The van der Waals surface area contributed by atoms with Crippen molar-refractivity contribution in [2.24, 2.45) is 0 Å². The second-order valence-corrected chi connectivity index (χ2v) is 6.99. The Labute approximate surface area is 172 Å². The summed E-state index contributed by atoms with van der Waals surface area (Å²) in [6, 6.07) is 11.8. The predicted molar refractivity (Wildman–Crippen MR) is 115 cm³/mol. The summed E-state index contributed by atoms with van der Waals surface area (Å²) in [6.07, 6.45) is 0.307. The number of hydrogen-bond donors (Lipinski definition) is 1. The van der Waals surface area contributed by atoms with Crippen molar-refractivity contribution in [3.8, 4) is 11.5 Å². The largest absolute Gasteiger partial charge is 0.492 e. The van der Waals surface area contributed by atoms with E-state index in [1.807, 2.05) is 57.2 Å². The van der Waals surface area contributed by atoms with Crippen LogP contribution in [-0.4, -0.2) is 45.4 Å². The molecule has 0 unspecified atom stereocenters. The monoisotopic (exact) mass is 398 g/mol. The molecule has 1 fully saturated rings. The lowest BCUT2D eigenvalue weighted by Gasteiger charge is -2.31. The van der Waals surface area contributed by atoms with Crippen molar-refractivity contribution in [2.75, 3.05) is 49.7 Å². The Balaban J connectivity index is 1.84. The van der Waals surface area contributed by atoms with Gasteiger partial charge in [0.2, 0.25) is 5.91 Å². The summed E-state index contributed by atoms with van der Waals surface area (Å²) in [7, 11) is 0. The van der Waals surface area contributed by atoms with E-state index in [2.05, 4.69) is 10.2 Å². The molecule has 156 valence electrons. The van der Waals surface area contributed by atoms with Crippen LogP contribution >= 0.6 is 0 Å². The van der Waals surface area contributed by atoms with Gasteiger partial charge in [0.05, 0.1) is 44.2 Å². The minimum Gasteiger partial charge on any atom is -0.492 e. The number of nitrogens with zero attached hydrogens (tertiary/aromatic N) is 1. The fourth-order valence-corrected chi connectivity index (χ4v) is 3.33. The van der Waals surface area contributed by atoms with Gasteiger partial charge in [-0.25, -0.2) is 0 Å². The van der Waals surface area contributed by atoms with E-state index in [1.54, 1.807) is 0 Å². The summed E-state index contributed by atoms with van der Waals surface area (Å²) >= 11 is 0. The topological polar surface area (TPSA) is 60.0 Å². The summed E-state index contributed by atoms with van der Waals surface area (Å²) in [5, 5.41) is 3.00. The van der Waals surface area contributed by atoms with Crippen LogP contribution in [0.15, 0.2) is 36.4 Å². The molecule has 1 amide bonds. The van der Waals surface area contributed by atoms with Crippen LogP contribution in [0.1, 0.15) is 25.0 Å². The Bertz CT molecular complexity index is 814. The Kier molecular flexibility index (Phi) is 7.36. The lowest BCUT2D eigenvalue weighted by Crippen LogP contribution is -2.36. The van der Waals surface area contributed by atoms with E-state index in [-0.39, 0.29) is 5.91 Å². The zero-order valence-electron chi connectivity index (χ0n) is 17.5. The van der Waals surface area contributed by atoms with E-state index in [1.165, 1.54) is 5.56 Å². The maximum atomic E-state index is 12.6. The number of anilines is 2. The molecule has 0 aromatic heterocycles. The molecule has 0 aliphatic carbocycles. The summed E-state index contributed by atoms with van der Waals surface area (Å²) in [5.41, 5.74) is 3.74.